The van der Waals surface area contributed by atoms with Crippen LogP contribution in [-0.2, 0) is 19.1 Å². The number of nitriles is 1. The van der Waals surface area contributed by atoms with E-state index in [2.05, 4.69) is 26.0 Å². The normalized spacial score (nSPS) is 49.5. The molecule has 0 bridgehead atoms. The maximum Gasteiger partial charge on any atom is 0.306 e. The van der Waals surface area contributed by atoms with Gasteiger partial charge in [0.25, 0.3) is 0 Å². The van der Waals surface area contributed by atoms with Gasteiger partial charge in [0.05, 0.1) is 11.5 Å². The van der Waals surface area contributed by atoms with Crippen LogP contribution < -0.4 is 0 Å². The van der Waals surface area contributed by atoms with Crippen molar-refractivity contribution >= 4 is 17.5 Å². The third-order valence-corrected chi connectivity index (χ3v) is 10.1. The summed E-state index contributed by atoms with van der Waals surface area (Å²) in [7, 11) is 0. The lowest BCUT2D eigenvalue weighted by molar-refractivity contribution is -0.163. The molecule has 160 valence electrons. The predicted molar refractivity (Wildman–Crippen MR) is 109 cm³/mol. The molecule has 0 aromatic heterocycles. The molecule has 0 aromatic carbocycles. The number of carbonyl (C=O) groups is 3. The summed E-state index contributed by atoms with van der Waals surface area (Å²) >= 11 is 0. The molecule has 1 saturated heterocycles. The first-order valence-electron chi connectivity index (χ1n) is 11.5. The van der Waals surface area contributed by atoms with Gasteiger partial charge in [-0.1, -0.05) is 25.5 Å². The first kappa shape index (κ1) is 20.0. The van der Waals surface area contributed by atoms with Crippen molar-refractivity contribution in [2.24, 2.45) is 34.0 Å². The Balaban J connectivity index is 1.65. The van der Waals surface area contributed by atoms with Crippen LogP contribution in [0.5, 0.6) is 0 Å². The number of nitrogens with zero attached hydrogens (tertiary/aromatic N) is 1. The van der Waals surface area contributed by atoms with E-state index in [1.807, 2.05) is 0 Å². The van der Waals surface area contributed by atoms with E-state index in [0.717, 1.165) is 25.7 Å². The van der Waals surface area contributed by atoms with Crippen molar-refractivity contribution in [3.05, 3.63) is 11.6 Å². The second kappa shape index (κ2) is 6.05. The lowest BCUT2D eigenvalue weighted by atomic mass is 9.41. The third kappa shape index (κ3) is 2.21. The zero-order valence-electron chi connectivity index (χ0n) is 18.3. The van der Waals surface area contributed by atoms with Crippen molar-refractivity contribution in [2.75, 3.05) is 0 Å². The molecule has 5 rings (SSSR count). The van der Waals surface area contributed by atoms with E-state index in [4.69, 9.17) is 4.74 Å². The molecule has 0 aromatic rings. The van der Waals surface area contributed by atoms with E-state index in [1.165, 1.54) is 5.57 Å². The number of hydrogen-bond acceptors (Lipinski definition) is 5. The fraction of sp³-hybridized carbons (Fsp3) is 0.760. The molecule has 5 aliphatic rings. The average molecular weight is 410 g/mol. The number of Topliss-reactive ketones (excluding diaryl/α,β-unsaturated/α-hetero) is 2. The fourth-order valence-corrected chi connectivity index (χ4v) is 8.29. The van der Waals surface area contributed by atoms with Crippen LogP contribution in [-0.4, -0.2) is 23.1 Å². The topological polar surface area (TPSA) is 84.2 Å². The number of allylic oxidation sites excluding steroid dienone is 2. The van der Waals surface area contributed by atoms with Gasteiger partial charge < -0.3 is 4.74 Å². The highest BCUT2D eigenvalue weighted by Crippen LogP contribution is 2.71. The van der Waals surface area contributed by atoms with E-state index in [0.29, 0.717) is 25.7 Å². The summed E-state index contributed by atoms with van der Waals surface area (Å²) in [5.74, 6) is 0.275. The van der Waals surface area contributed by atoms with Gasteiger partial charge in [0, 0.05) is 36.0 Å². The first-order valence-corrected chi connectivity index (χ1v) is 11.5. The second-order valence-electron chi connectivity index (χ2n) is 11.1. The van der Waals surface area contributed by atoms with E-state index in [1.54, 1.807) is 6.92 Å². The molecule has 30 heavy (non-hydrogen) atoms. The molecule has 5 heteroatoms. The monoisotopic (exact) mass is 409 g/mol. The number of fused-ring (bicyclic) bond motifs is 6. The van der Waals surface area contributed by atoms with Crippen LogP contribution in [0.25, 0.3) is 0 Å². The number of rotatable bonds is 1. The van der Waals surface area contributed by atoms with Crippen molar-refractivity contribution < 1.29 is 19.1 Å². The largest absolute Gasteiger partial charge is 0.458 e. The van der Waals surface area contributed by atoms with Gasteiger partial charge in [-0.15, -0.1) is 0 Å². The fourth-order valence-electron chi connectivity index (χ4n) is 8.29. The van der Waals surface area contributed by atoms with Crippen molar-refractivity contribution in [3.8, 4) is 6.07 Å². The lowest BCUT2D eigenvalue weighted by Gasteiger charge is -2.61. The Hall–Kier alpha value is -1.96. The first-order chi connectivity index (χ1) is 14.1. The number of esters is 1. The SMILES string of the molecule is CC(=O)C1C[C@]2(C#N)CC(=O)CCC2(C)C2=CCC3(C)C(CC[C@@]34CCC(=O)O4)C21. The maximum atomic E-state index is 12.9. The standard InChI is InChI=1S/C25H31NO4/c1-15(27)17-13-24(14-26)12-16(28)4-8-22(24,2)18-5-9-23(3)19(21(17)18)6-10-25(23)11-7-20(29)30-25/h5,17,19,21H,4,6-13H2,1-3H3/t17?,19?,21?,22?,23?,24-,25+/m0/s1. The van der Waals surface area contributed by atoms with Crippen LogP contribution in [0.4, 0.5) is 0 Å². The maximum absolute atomic E-state index is 12.9. The van der Waals surface area contributed by atoms with Gasteiger partial charge in [-0.3, -0.25) is 14.4 Å². The van der Waals surface area contributed by atoms with Crippen LogP contribution in [0.15, 0.2) is 11.6 Å². The molecule has 0 N–H and O–H groups in total. The van der Waals surface area contributed by atoms with E-state index >= 15 is 0 Å². The van der Waals surface area contributed by atoms with E-state index in [9.17, 15) is 19.6 Å². The van der Waals surface area contributed by atoms with Crippen LogP contribution >= 0.6 is 0 Å². The number of ether oxygens (including phenoxy) is 1. The summed E-state index contributed by atoms with van der Waals surface area (Å²) in [6.07, 6.45) is 8.10. The predicted octanol–water partition coefficient (Wildman–Crippen LogP) is 4.30. The van der Waals surface area contributed by atoms with Crippen LogP contribution in [0.1, 0.15) is 78.6 Å². The van der Waals surface area contributed by atoms with Gasteiger partial charge in [-0.25, -0.2) is 0 Å². The molecule has 4 fully saturated rings. The van der Waals surface area contributed by atoms with Gasteiger partial charge in [-0.2, -0.15) is 5.26 Å². The molecule has 1 spiro atoms. The molecule has 3 saturated carbocycles. The molecule has 1 heterocycles. The number of carbonyl (C=O) groups excluding carboxylic acids is 3. The highest BCUT2D eigenvalue weighted by molar-refractivity contribution is 5.83. The Bertz CT molecular complexity index is 930. The zero-order valence-corrected chi connectivity index (χ0v) is 18.3. The van der Waals surface area contributed by atoms with Gasteiger partial charge >= 0.3 is 5.97 Å². The van der Waals surface area contributed by atoms with Crippen molar-refractivity contribution in [3.63, 3.8) is 0 Å². The molecule has 5 unspecified atom stereocenters. The van der Waals surface area contributed by atoms with Gasteiger partial charge in [-0.05, 0) is 57.3 Å². The summed E-state index contributed by atoms with van der Waals surface area (Å²) in [5.41, 5.74) is -0.493. The van der Waals surface area contributed by atoms with Crippen molar-refractivity contribution in [1.82, 2.24) is 0 Å². The Morgan fingerprint density at radius 2 is 1.97 bits per heavy atom. The minimum Gasteiger partial charge on any atom is -0.458 e. The quantitative estimate of drug-likeness (QED) is 0.476. The molecule has 7 atom stereocenters. The van der Waals surface area contributed by atoms with Crippen LogP contribution in [0.2, 0.25) is 0 Å². The Labute approximate surface area is 178 Å². The van der Waals surface area contributed by atoms with Gasteiger partial charge in [0.1, 0.15) is 17.2 Å². The van der Waals surface area contributed by atoms with E-state index in [-0.39, 0.29) is 52.5 Å². The molecule has 5 nitrogen and oxygen atoms in total. The molecule has 1 aliphatic heterocycles. The van der Waals surface area contributed by atoms with E-state index < -0.39 is 11.0 Å². The summed E-state index contributed by atoms with van der Waals surface area (Å²) < 4.78 is 5.99. The molecule has 0 radical (unpaired) electrons. The molecular weight excluding hydrogens is 378 g/mol. The Kier molecular flexibility index (Phi) is 4.03. The average Bonchev–Trinajstić information content (AvgIpc) is 3.22. The molecular formula is C25H31NO4. The van der Waals surface area contributed by atoms with Gasteiger partial charge in [0.15, 0.2) is 0 Å². The Morgan fingerprint density at radius 1 is 1.20 bits per heavy atom. The lowest BCUT2D eigenvalue weighted by Crippen LogP contribution is -2.59. The zero-order chi connectivity index (χ0) is 21.5. The highest BCUT2D eigenvalue weighted by Gasteiger charge is 2.69. The Morgan fingerprint density at radius 3 is 2.60 bits per heavy atom. The van der Waals surface area contributed by atoms with Crippen molar-refractivity contribution in [1.29, 1.82) is 5.26 Å². The second-order valence-corrected chi connectivity index (χ2v) is 11.1. The third-order valence-electron chi connectivity index (χ3n) is 10.1. The minimum atomic E-state index is -0.787. The molecule has 4 aliphatic carbocycles. The van der Waals surface area contributed by atoms with Crippen LogP contribution in [0, 0.1) is 45.3 Å². The molecule has 0 amide bonds. The van der Waals surface area contributed by atoms with Crippen molar-refractivity contribution in [2.45, 2.75) is 84.2 Å². The summed E-state index contributed by atoms with van der Waals surface area (Å²) in [5, 5.41) is 10.3. The highest BCUT2D eigenvalue weighted by atomic mass is 16.6. The summed E-state index contributed by atoms with van der Waals surface area (Å²) in [6.45, 7) is 6.07. The number of hydrogen-bond donors (Lipinski definition) is 0. The smallest absolute Gasteiger partial charge is 0.306 e. The number of ketones is 2. The van der Waals surface area contributed by atoms with Crippen LogP contribution in [0.3, 0.4) is 0 Å². The minimum absolute atomic E-state index is 0.0830. The summed E-state index contributed by atoms with van der Waals surface area (Å²) in [6, 6.07) is 2.55. The summed E-state index contributed by atoms with van der Waals surface area (Å²) in [4.78, 5) is 37.4. The van der Waals surface area contributed by atoms with Gasteiger partial charge in [0.2, 0.25) is 0 Å².